The third-order valence-electron chi connectivity index (χ3n) is 4.35. The fraction of sp³-hybridized carbons (Fsp3) is 0.778. The quantitative estimate of drug-likeness (QED) is 0.371. The van der Waals surface area contributed by atoms with Gasteiger partial charge in [-0.25, -0.2) is 4.79 Å². The van der Waals surface area contributed by atoms with E-state index in [0.717, 1.165) is 25.7 Å². The Balaban J connectivity index is 2.71. The lowest BCUT2D eigenvalue weighted by Crippen LogP contribution is -2.33. The fourth-order valence-corrected chi connectivity index (χ4v) is 3.38. The largest absolute Gasteiger partial charge is 0.328 e. The Morgan fingerprint density at radius 1 is 0.957 bits per heavy atom. The van der Waals surface area contributed by atoms with Crippen molar-refractivity contribution in [2.45, 2.75) is 90.5 Å². The predicted octanol–water partition coefficient (Wildman–Crippen LogP) is 5.01. The van der Waals surface area contributed by atoms with Crippen molar-refractivity contribution < 1.29 is 0 Å². The topological polar surface area (TPSA) is 54.9 Å². The molecule has 0 aliphatic heterocycles. The molecule has 0 aliphatic rings. The van der Waals surface area contributed by atoms with Crippen LogP contribution in [0.25, 0.3) is 0 Å². The third-order valence-corrected chi connectivity index (χ3v) is 5.12. The van der Waals surface area contributed by atoms with Gasteiger partial charge in [0.05, 0.1) is 3.57 Å². The van der Waals surface area contributed by atoms with E-state index in [1.54, 1.807) is 10.8 Å². The Hall–Kier alpha value is -0.590. The minimum atomic E-state index is -0.278. The second-order valence-electron chi connectivity index (χ2n) is 6.35. The number of H-pyrrole nitrogens is 1. The Kier molecular flexibility index (Phi) is 10.6. The Morgan fingerprint density at radius 3 is 2.04 bits per heavy atom. The van der Waals surface area contributed by atoms with Crippen LogP contribution in [0.3, 0.4) is 0 Å². The van der Waals surface area contributed by atoms with Gasteiger partial charge in [-0.2, -0.15) is 0 Å². The standard InChI is InChI=1S/C18H31IN2O2/c1-3-5-7-9-11-13-15(12-10-8-6-4-2)21-14-16(19)17(22)20-18(21)23/h14-15H,3-13H2,1-2H3,(H,20,22,23). The molecule has 4 nitrogen and oxygen atoms in total. The van der Waals surface area contributed by atoms with Crippen molar-refractivity contribution in [2.24, 2.45) is 0 Å². The van der Waals surface area contributed by atoms with Crippen molar-refractivity contribution >= 4 is 22.6 Å². The smallest absolute Gasteiger partial charge is 0.296 e. The number of hydrogen-bond donors (Lipinski definition) is 1. The van der Waals surface area contributed by atoms with Gasteiger partial charge in [0, 0.05) is 12.2 Å². The molecule has 0 radical (unpaired) electrons. The average molecular weight is 434 g/mol. The summed E-state index contributed by atoms with van der Waals surface area (Å²) in [6.07, 6.45) is 14.8. The predicted molar refractivity (Wildman–Crippen MR) is 105 cm³/mol. The molecule has 0 saturated heterocycles. The van der Waals surface area contributed by atoms with Crippen LogP contribution < -0.4 is 11.2 Å². The lowest BCUT2D eigenvalue weighted by atomic mass is 10.0. The number of aromatic amines is 1. The number of nitrogens with one attached hydrogen (secondary N) is 1. The zero-order valence-corrected chi connectivity index (χ0v) is 16.7. The molecule has 1 unspecified atom stereocenters. The summed E-state index contributed by atoms with van der Waals surface area (Å²) in [5.41, 5.74) is -0.538. The van der Waals surface area contributed by atoms with Crippen LogP contribution in [0, 0.1) is 3.57 Å². The summed E-state index contributed by atoms with van der Waals surface area (Å²) in [6, 6.07) is 0.214. The highest BCUT2D eigenvalue weighted by atomic mass is 127. The number of nitrogens with zero attached hydrogens (tertiary/aromatic N) is 1. The molecule has 1 rings (SSSR count). The van der Waals surface area contributed by atoms with Crippen LogP contribution in [-0.4, -0.2) is 9.55 Å². The van der Waals surface area contributed by atoms with Gasteiger partial charge in [0.25, 0.3) is 5.56 Å². The molecule has 23 heavy (non-hydrogen) atoms. The summed E-state index contributed by atoms with van der Waals surface area (Å²) in [7, 11) is 0. The van der Waals surface area contributed by atoms with Crippen LogP contribution in [0.5, 0.6) is 0 Å². The maximum Gasteiger partial charge on any atom is 0.328 e. The molecular weight excluding hydrogens is 403 g/mol. The summed E-state index contributed by atoms with van der Waals surface area (Å²) in [4.78, 5) is 26.2. The van der Waals surface area contributed by atoms with E-state index in [1.807, 2.05) is 22.6 Å². The monoisotopic (exact) mass is 434 g/mol. The average Bonchev–Trinajstić information content (AvgIpc) is 2.53. The molecule has 132 valence electrons. The molecule has 1 heterocycles. The molecule has 1 aromatic heterocycles. The summed E-state index contributed by atoms with van der Waals surface area (Å²) < 4.78 is 2.35. The lowest BCUT2D eigenvalue weighted by molar-refractivity contribution is 0.381. The summed E-state index contributed by atoms with van der Waals surface area (Å²) in [5.74, 6) is 0. The first-order valence-corrected chi connectivity index (χ1v) is 10.2. The molecule has 0 amide bonds. The van der Waals surface area contributed by atoms with Crippen molar-refractivity contribution in [3.05, 3.63) is 30.6 Å². The minimum Gasteiger partial charge on any atom is -0.296 e. The minimum absolute atomic E-state index is 0.214. The van der Waals surface area contributed by atoms with Crippen LogP contribution in [0.1, 0.15) is 90.5 Å². The number of unbranched alkanes of at least 4 members (excludes halogenated alkanes) is 7. The summed E-state index contributed by atoms with van der Waals surface area (Å²) >= 11 is 2.00. The highest BCUT2D eigenvalue weighted by molar-refractivity contribution is 14.1. The first-order valence-electron chi connectivity index (χ1n) is 9.11. The number of halogens is 1. The number of rotatable bonds is 12. The highest BCUT2D eigenvalue weighted by Gasteiger charge is 2.14. The molecule has 5 heteroatoms. The SMILES string of the molecule is CCCCCCCC(CCCCCC)n1cc(I)c(=O)[nH]c1=O. The second kappa shape index (κ2) is 11.9. The van der Waals surface area contributed by atoms with Gasteiger partial charge in [0.15, 0.2) is 0 Å². The summed E-state index contributed by atoms with van der Waals surface area (Å²) in [6.45, 7) is 4.43. The molecule has 0 bridgehead atoms. The van der Waals surface area contributed by atoms with E-state index in [2.05, 4.69) is 18.8 Å². The third kappa shape index (κ3) is 7.68. The van der Waals surface area contributed by atoms with Crippen LogP contribution in [-0.2, 0) is 0 Å². The Bertz CT molecular complexity index is 551. The Morgan fingerprint density at radius 2 is 1.48 bits per heavy atom. The van der Waals surface area contributed by atoms with E-state index >= 15 is 0 Å². The first kappa shape index (κ1) is 20.5. The number of hydrogen-bond acceptors (Lipinski definition) is 2. The van der Waals surface area contributed by atoms with Gasteiger partial charge in [-0.1, -0.05) is 71.6 Å². The zero-order chi connectivity index (χ0) is 17.1. The normalized spacial score (nSPS) is 12.5. The van der Waals surface area contributed by atoms with E-state index in [1.165, 1.54) is 44.9 Å². The van der Waals surface area contributed by atoms with E-state index in [0.29, 0.717) is 3.57 Å². The van der Waals surface area contributed by atoms with Crippen molar-refractivity contribution in [1.82, 2.24) is 9.55 Å². The summed E-state index contributed by atoms with van der Waals surface area (Å²) in [5, 5.41) is 0. The van der Waals surface area contributed by atoms with E-state index in [9.17, 15) is 9.59 Å². The number of aromatic nitrogens is 2. The second-order valence-corrected chi connectivity index (χ2v) is 7.51. The molecule has 0 aliphatic carbocycles. The van der Waals surface area contributed by atoms with Crippen LogP contribution in [0.2, 0.25) is 0 Å². The molecule has 1 atom stereocenters. The van der Waals surface area contributed by atoms with Gasteiger partial charge in [-0.3, -0.25) is 14.3 Å². The Labute approximate surface area is 153 Å². The fourth-order valence-electron chi connectivity index (χ4n) is 2.94. The van der Waals surface area contributed by atoms with E-state index < -0.39 is 0 Å². The molecule has 0 aromatic carbocycles. The molecule has 0 spiro atoms. The van der Waals surface area contributed by atoms with Gasteiger partial charge in [0.2, 0.25) is 0 Å². The van der Waals surface area contributed by atoms with Crippen LogP contribution in [0.4, 0.5) is 0 Å². The van der Waals surface area contributed by atoms with Crippen molar-refractivity contribution in [2.75, 3.05) is 0 Å². The van der Waals surface area contributed by atoms with Crippen LogP contribution >= 0.6 is 22.6 Å². The first-order chi connectivity index (χ1) is 11.1. The van der Waals surface area contributed by atoms with E-state index in [4.69, 9.17) is 0 Å². The van der Waals surface area contributed by atoms with Crippen molar-refractivity contribution in [3.63, 3.8) is 0 Å². The molecule has 0 fully saturated rings. The van der Waals surface area contributed by atoms with Crippen LogP contribution in [0.15, 0.2) is 15.8 Å². The van der Waals surface area contributed by atoms with Gasteiger partial charge in [0.1, 0.15) is 0 Å². The van der Waals surface area contributed by atoms with Gasteiger partial charge < -0.3 is 0 Å². The van der Waals surface area contributed by atoms with Crippen molar-refractivity contribution in [3.8, 4) is 0 Å². The zero-order valence-electron chi connectivity index (χ0n) is 14.6. The lowest BCUT2D eigenvalue weighted by Gasteiger charge is -2.20. The van der Waals surface area contributed by atoms with Crippen molar-refractivity contribution in [1.29, 1.82) is 0 Å². The molecule has 1 N–H and O–H groups in total. The molecular formula is C18H31IN2O2. The maximum absolute atomic E-state index is 12.2. The highest BCUT2D eigenvalue weighted by Crippen LogP contribution is 2.22. The van der Waals surface area contributed by atoms with Gasteiger partial charge in [-0.05, 0) is 35.4 Å². The van der Waals surface area contributed by atoms with E-state index in [-0.39, 0.29) is 17.3 Å². The molecule has 0 saturated carbocycles. The van der Waals surface area contributed by atoms with Gasteiger partial charge in [-0.15, -0.1) is 0 Å². The molecule has 1 aromatic rings. The maximum atomic E-state index is 12.2. The van der Waals surface area contributed by atoms with Gasteiger partial charge >= 0.3 is 5.69 Å².